The van der Waals surface area contributed by atoms with Crippen molar-refractivity contribution in [1.29, 1.82) is 0 Å². The van der Waals surface area contributed by atoms with Crippen LogP contribution in [-0.4, -0.2) is 6.11 Å². The first-order valence-corrected chi connectivity index (χ1v) is 10.4. The second-order valence-corrected chi connectivity index (χ2v) is 7.57. The van der Waals surface area contributed by atoms with E-state index in [1.807, 2.05) is 6.92 Å². The molecule has 0 spiro atoms. The Kier molecular flexibility index (Phi) is 7.90. The fraction of sp³-hybridized carbons (Fsp3) is 0.200. The summed E-state index contributed by atoms with van der Waals surface area (Å²) in [6.45, 7) is 1.93. The van der Waals surface area contributed by atoms with E-state index >= 15 is 0 Å². The van der Waals surface area contributed by atoms with Gasteiger partial charge in [-0.3, -0.25) is 0 Å². The fourth-order valence-electron chi connectivity index (χ4n) is 3.26. The summed E-state index contributed by atoms with van der Waals surface area (Å²) in [5, 5.41) is 0. The van der Waals surface area contributed by atoms with Crippen LogP contribution >= 0.6 is 0 Å². The summed E-state index contributed by atoms with van der Waals surface area (Å²) >= 11 is 0. The predicted molar refractivity (Wildman–Crippen MR) is 113 cm³/mol. The van der Waals surface area contributed by atoms with E-state index in [2.05, 4.69) is 9.47 Å². The molecule has 3 aromatic rings. The number of benzene rings is 3. The second kappa shape index (κ2) is 10.5. The Balaban J connectivity index is 1.84. The van der Waals surface area contributed by atoms with Crippen molar-refractivity contribution in [3.05, 3.63) is 95.3 Å². The molecule has 0 N–H and O–H groups in total. The Morgan fingerprint density at radius 1 is 0.806 bits per heavy atom. The van der Waals surface area contributed by atoms with Crippen LogP contribution < -0.4 is 9.47 Å². The van der Waals surface area contributed by atoms with Crippen molar-refractivity contribution < 1.29 is 49.0 Å². The lowest BCUT2D eigenvalue weighted by molar-refractivity contribution is -0.185. The van der Waals surface area contributed by atoms with E-state index in [1.165, 1.54) is 24.3 Å². The van der Waals surface area contributed by atoms with Gasteiger partial charge < -0.3 is 9.47 Å². The molecule has 11 heteroatoms. The predicted octanol–water partition coefficient (Wildman–Crippen LogP) is 8.60. The molecule has 0 aliphatic carbocycles. The Morgan fingerprint density at radius 2 is 1.42 bits per heavy atom. The SMILES string of the molecule is CCCc1ccc(C(F)(F)Oc2ccc(-c3cc(F)c(OC(F)(F)C=C(F)F)c(F)c3)c(F)c2)cc1. The molecule has 0 aliphatic rings. The maximum Gasteiger partial charge on any atom is 0.426 e. The molecule has 0 atom stereocenters. The van der Waals surface area contributed by atoms with Crippen molar-refractivity contribution in [2.45, 2.75) is 32.0 Å². The number of rotatable bonds is 9. The Bertz CT molecular complexity index is 1230. The van der Waals surface area contributed by atoms with Crippen molar-refractivity contribution >= 4 is 0 Å². The number of alkyl halides is 4. The number of hydrogen-bond donors (Lipinski definition) is 0. The number of halogens is 9. The first-order valence-electron chi connectivity index (χ1n) is 10.4. The van der Waals surface area contributed by atoms with Crippen LogP contribution in [0.3, 0.4) is 0 Å². The van der Waals surface area contributed by atoms with Gasteiger partial charge in [-0.1, -0.05) is 25.5 Å². The van der Waals surface area contributed by atoms with Crippen LogP contribution in [0, 0.1) is 17.5 Å². The third-order valence-electron chi connectivity index (χ3n) is 4.84. The Labute approximate surface area is 199 Å². The maximum absolute atomic E-state index is 14.6. The van der Waals surface area contributed by atoms with Gasteiger partial charge in [-0.15, -0.1) is 0 Å². The van der Waals surface area contributed by atoms with Crippen molar-refractivity contribution in [3.63, 3.8) is 0 Å². The van der Waals surface area contributed by atoms with Gasteiger partial charge in [0.1, 0.15) is 11.6 Å². The molecule has 36 heavy (non-hydrogen) atoms. The smallest absolute Gasteiger partial charge is 0.426 e. The van der Waals surface area contributed by atoms with Crippen molar-refractivity contribution in [2.24, 2.45) is 0 Å². The van der Waals surface area contributed by atoms with Gasteiger partial charge in [-0.25, -0.2) is 13.2 Å². The molecule has 0 saturated heterocycles. The molecule has 0 aliphatic heterocycles. The van der Waals surface area contributed by atoms with E-state index in [9.17, 15) is 39.5 Å². The lowest BCUT2D eigenvalue weighted by atomic mass is 10.0. The topological polar surface area (TPSA) is 18.5 Å². The minimum Gasteiger partial charge on any atom is -0.429 e. The van der Waals surface area contributed by atoms with E-state index < -0.39 is 70.0 Å². The summed E-state index contributed by atoms with van der Waals surface area (Å²) < 4.78 is 131. The van der Waals surface area contributed by atoms with Crippen LogP contribution in [-0.2, 0) is 12.5 Å². The molecular weight excluding hydrogens is 503 g/mol. The van der Waals surface area contributed by atoms with Gasteiger partial charge in [0, 0.05) is 11.6 Å². The average molecular weight is 520 g/mol. The molecule has 0 radical (unpaired) electrons. The van der Waals surface area contributed by atoms with Gasteiger partial charge in [-0.05, 0) is 53.9 Å². The highest BCUT2D eigenvalue weighted by molar-refractivity contribution is 5.66. The van der Waals surface area contributed by atoms with E-state index in [0.29, 0.717) is 24.6 Å². The summed E-state index contributed by atoms with van der Waals surface area (Å²) in [5.74, 6) is -6.97. The van der Waals surface area contributed by atoms with Crippen LogP contribution in [0.25, 0.3) is 11.1 Å². The largest absolute Gasteiger partial charge is 0.429 e. The van der Waals surface area contributed by atoms with Gasteiger partial charge >= 0.3 is 12.2 Å². The highest BCUT2D eigenvalue weighted by Gasteiger charge is 2.35. The zero-order valence-electron chi connectivity index (χ0n) is 18.4. The lowest BCUT2D eigenvalue weighted by Crippen LogP contribution is -2.23. The molecule has 0 amide bonds. The normalized spacial score (nSPS) is 11.8. The maximum atomic E-state index is 14.6. The third kappa shape index (κ3) is 6.52. The summed E-state index contributed by atoms with van der Waals surface area (Å²) in [6, 6.07) is 8.55. The standard InChI is InChI=1S/C25H17F9O2/c1-2-3-14-4-6-16(7-5-14)25(33,34)35-17-8-9-18(19(26)12-17)15-10-20(27)23(21(28)11-15)36-24(31,32)13-22(29)30/h4-13H,2-3H2,1H3. The molecule has 2 nitrogen and oxygen atoms in total. The molecule has 0 bridgehead atoms. The Hall–Kier alpha value is -3.63. The molecule has 0 fully saturated rings. The minimum absolute atomic E-state index is 0.412. The molecule has 0 heterocycles. The molecular formula is C25H17F9O2. The third-order valence-corrected chi connectivity index (χ3v) is 4.84. The summed E-state index contributed by atoms with van der Waals surface area (Å²) in [6.07, 6.45) is -10.8. The number of aryl methyl sites for hydroxylation is 1. The van der Waals surface area contributed by atoms with Gasteiger partial charge in [0.2, 0.25) is 0 Å². The van der Waals surface area contributed by atoms with Crippen LogP contribution in [0.2, 0.25) is 0 Å². The van der Waals surface area contributed by atoms with Crippen LogP contribution in [0.1, 0.15) is 24.5 Å². The molecule has 0 aromatic heterocycles. The first-order chi connectivity index (χ1) is 16.8. The summed E-state index contributed by atoms with van der Waals surface area (Å²) in [5.41, 5.74) is -0.625. The highest BCUT2D eigenvalue weighted by Crippen LogP contribution is 2.37. The number of hydrogen-bond acceptors (Lipinski definition) is 2. The number of ether oxygens (including phenoxy) is 2. The van der Waals surface area contributed by atoms with Gasteiger partial charge in [0.25, 0.3) is 6.08 Å². The zero-order valence-corrected chi connectivity index (χ0v) is 18.4. The van der Waals surface area contributed by atoms with Crippen LogP contribution in [0.15, 0.2) is 66.8 Å². The van der Waals surface area contributed by atoms with Crippen LogP contribution in [0.5, 0.6) is 11.5 Å². The lowest BCUT2D eigenvalue weighted by Gasteiger charge is -2.19. The Morgan fingerprint density at radius 3 is 1.94 bits per heavy atom. The highest BCUT2D eigenvalue weighted by atomic mass is 19.3. The molecule has 3 rings (SSSR count). The minimum atomic E-state index is -4.73. The second-order valence-electron chi connectivity index (χ2n) is 7.57. The van der Waals surface area contributed by atoms with E-state index in [4.69, 9.17) is 0 Å². The summed E-state index contributed by atoms with van der Waals surface area (Å²) in [4.78, 5) is 0. The van der Waals surface area contributed by atoms with E-state index in [-0.39, 0.29) is 0 Å². The quantitative estimate of drug-likeness (QED) is 0.263. The van der Waals surface area contributed by atoms with Crippen molar-refractivity contribution in [1.82, 2.24) is 0 Å². The average Bonchev–Trinajstić information content (AvgIpc) is 2.76. The molecule has 3 aromatic carbocycles. The fourth-order valence-corrected chi connectivity index (χ4v) is 3.26. The van der Waals surface area contributed by atoms with Gasteiger partial charge in [0.05, 0.1) is 11.6 Å². The molecule has 0 unspecified atom stereocenters. The van der Waals surface area contributed by atoms with E-state index in [1.54, 1.807) is 0 Å². The summed E-state index contributed by atoms with van der Waals surface area (Å²) in [7, 11) is 0. The van der Waals surface area contributed by atoms with Crippen molar-refractivity contribution in [2.75, 3.05) is 0 Å². The van der Waals surface area contributed by atoms with Crippen LogP contribution in [0.4, 0.5) is 39.5 Å². The molecule has 192 valence electrons. The van der Waals surface area contributed by atoms with Crippen molar-refractivity contribution in [3.8, 4) is 22.6 Å². The van der Waals surface area contributed by atoms with Gasteiger partial charge in [0.15, 0.2) is 17.4 Å². The van der Waals surface area contributed by atoms with E-state index in [0.717, 1.165) is 24.1 Å². The monoisotopic (exact) mass is 520 g/mol. The zero-order chi connectivity index (χ0) is 26.7. The molecule has 0 saturated carbocycles. The van der Waals surface area contributed by atoms with Gasteiger partial charge in [-0.2, -0.15) is 26.3 Å². The first kappa shape index (κ1) is 27.0.